The Bertz CT molecular complexity index is 572. The highest BCUT2D eigenvalue weighted by Crippen LogP contribution is 2.24. The molecule has 2 aromatic rings. The summed E-state index contributed by atoms with van der Waals surface area (Å²) in [7, 11) is -3.45. The van der Waals surface area contributed by atoms with Crippen LogP contribution >= 0.6 is 22.7 Å². The van der Waals surface area contributed by atoms with Crippen LogP contribution in [0.15, 0.2) is 33.2 Å². The van der Waals surface area contributed by atoms with E-state index in [1.165, 1.54) is 22.7 Å². The standard InChI is InChI=1S/C10H12N2O2S3/c11-5-3-9-1-2-10(16-9)17(13,14)12-8-4-6-15-7-8/h1-2,4,6-7,12H,3,5,11H2. The van der Waals surface area contributed by atoms with Crippen LogP contribution in [0.3, 0.4) is 0 Å². The molecule has 0 unspecified atom stereocenters. The lowest BCUT2D eigenvalue weighted by Gasteiger charge is -2.02. The van der Waals surface area contributed by atoms with Gasteiger partial charge in [0.1, 0.15) is 4.21 Å². The highest BCUT2D eigenvalue weighted by molar-refractivity contribution is 7.94. The van der Waals surface area contributed by atoms with Gasteiger partial charge in [0.2, 0.25) is 0 Å². The summed E-state index contributed by atoms with van der Waals surface area (Å²) >= 11 is 2.71. The van der Waals surface area contributed by atoms with E-state index in [4.69, 9.17) is 5.73 Å². The molecule has 0 aliphatic heterocycles. The molecule has 0 bridgehead atoms. The number of sulfonamides is 1. The van der Waals surface area contributed by atoms with E-state index in [0.717, 1.165) is 4.88 Å². The fraction of sp³-hybridized carbons (Fsp3) is 0.200. The zero-order valence-electron chi connectivity index (χ0n) is 8.92. The van der Waals surface area contributed by atoms with Gasteiger partial charge in [-0.2, -0.15) is 11.3 Å². The molecular weight excluding hydrogens is 276 g/mol. The van der Waals surface area contributed by atoms with Crippen LogP contribution in [0.4, 0.5) is 5.69 Å². The third-order valence-electron chi connectivity index (χ3n) is 2.07. The van der Waals surface area contributed by atoms with Crippen molar-refractivity contribution in [2.45, 2.75) is 10.6 Å². The highest BCUT2D eigenvalue weighted by Gasteiger charge is 2.16. The lowest BCUT2D eigenvalue weighted by atomic mass is 10.3. The van der Waals surface area contributed by atoms with Gasteiger partial charge < -0.3 is 5.73 Å². The maximum absolute atomic E-state index is 12.0. The summed E-state index contributed by atoms with van der Waals surface area (Å²) in [4.78, 5) is 0.984. The van der Waals surface area contributed by atoms with Crippen molar-refractivity contribution in [3.63, 3.8) is 0 Å². The molecule has 3 N–H and O–H groups in total. The van der Waals surface area contributed by atoms with Gasteiger partial charge in [-0.15, -0.1) is 11.3 Å². The molecule has 92 valence electrons. The Kier molecular flexibility index (Phi) is 3.82. The molecule has 0 fully saturated rings. The molecule has 0 saturated carbocycles. The van der Waals surface area contributed by atoms with Gasteiger partial charge in [0.25, 0.3) is 10.0 Å². The molecule has 0 saturated heterocycles. The van der Waals surface area contributed by atoms with E-state index < -0.39 is 10.0 Å². The molecule has 0 spiro atoms. The highest BCUT2D eigenvalue weighted by atomic mass is 32.2. The van der Waals surface area contributed by atoms with Gasteiger partial charge >= 0.3 is 0 Å². The maximum atomic E-state index is 12.0. The molecule has 7 heteroatoms. The van der Waals surface area contributed by atoms with Crippen LogP contribution < -0.4 is 10.5 Å². The number of rotatable bonds is 5. The van der Waals surface area contributed by atoms with Crippen molar-refractivity contribution in [1.82, 2.24) is 0 Å². The molecule has 0 amide bonds. The third-order valence-corrected chi connectivity index (χ3v) is 5.77. The Morgan fingerprint density at radius 1 is 1.29 bits per heavy atom. The van der Waals surface area contributed by atoms with Gasteiger partial charge in [0, 0.05) is 10.3 Å². The van der Waals surface area contributed by atoms with Crippen molar-refractivity contribution in [1.29, 1.82) is 0 Å². The van der Waals surface area contributed by atoms with Gasteiger partial charge in [0.15, 0.2) is 0 Å². The van der Waals surface area contributed by atoms with E-state index in [-0.39, 0.29) is 0 Å². The first kappa shape index (κ1) is 12.6. The minimum absolute atomic E-state index is 0.326. The first-order valence-electron chi connectivity index (χ1n) is 4.95. The number of nitrogens with one attached hydrogen (secondary N) is 1. The van der Waals surface area contributed by atoms with Crippen LogP contribution in [0.1, 0.15) is 4.88 Å². The van der Waals surface area contributed by atoms with Crippen LogP contribution in [0.2, 0.25) is 0 Å². The second-order valence-corrected chi connectivity index (χ2v) is 7.23. The summed E-state index contributed by atoms with van der Waals surface area (Å²) in [6, 6.07) is 5.15. The molecule has 2 aromatic heterocycles. The molecule has 2 rings (SSSR count). The molecule has 0 aliphatic rings. The normalized spacial score (nSPS) is 11.6. The predicted molar refractivity (Wildman–Crippen MR) is 72.2 cm³/mol. The number of hydrogen-bond donors (Lipinski definition) is 2. The average molecular weight is 288 g/mol. The van der Waals surface area contributed by atoms with Crippen LogP contribution in [0.25, 0.3) is 0 Å². The van der Waals surface area contributed by atoms with E-state index >= 15 is 0 Å². The van der Waals surface area contributed by atoms with Crippen molar-refractivity contribution in [2.24, 2.45) is 5.73 Å². The van der Waals surface area contributed by atoms with Crippen LogP contribution in [-0.4, -0.2) is 15.0 Å². The predicted octanol–water partition coefficient (Wildman–Crippen LogP) is 2.11. The zero-order valence-corrected chi connectivity index (χ0v) is 11.4. The largest absolute Gasteiger partial charge is 0.330 e. The monoisotopic (exact) mass is 288 g/mol. The molecule has 4 nitrogen and oxygen atoms in total. The Balaban J connectivity index is 2.19. The van der Waals surface area contributed by atoms with Gasteiger partial charge in [-0.3, -0.25) is 4.72 Å². The molecular formula is C10H12N2O2S3. The topological polar surface area (TPSA) is 72.2 Å². The Hall–Kier alpha value is -0.890. The number of nitrogens with two attached hydrogens (primary N) is 1. The van der Waals surface area contributed by atoms with Crippen molar-refractivity contribution in [2.75, 3.05) is 11.3 Å². The molecule has 0 radical (unpaired) electrons. The Morgan fingerprint density at radius 3 is 2.76 bits per heavy atom. The fourth-order valence-corrected chi connectivity index (χ4v) is 4.39. The van der Waals surface area contributed by atoms with Crippen molar-refractivity contribution in [3.8, 4) is 0 Å². The lowest BCUT2D eigenvalue weighted by molar-refractivity contribution is 0.603. The Morgan fingerprint density at radius 2 is 2.12 bits per heavy atom. The maximum Gasteiger partial charge on any atom is 0.271 e. The van der Waals surface area contributed by atoms with Crippen LogP contribution in [-0.2, 0) is 16.4 Å². The summed E-state index contributed by atoms with van der Waals surface area (Å²) in [5.74, 6) is 0. The fourth-order valence-electron chi connectivity index (χ4n) is 1.31. The summed E-state index contributed by atoms with van der Waals surface area (Å²) in [6.07, 6.45) is 0.707. The molecule has 0 atom stereocenters. The van der Waals surface area contributed by atoms with Crippen LogP contribution in [0.5, 0.6) is 0 Å². The van der Waals surface area contributed by atoms with Crippen molar-refractivity contribution in [3.05, 3.63) is 33.8 Å². The number of thiophene rings is 2. The Labute approximate surface area is 108 Å². The number of hydrogen-bond acceptors (Lipinski definition) is 5. The SMILES string of the molecule is NCCc1ccc(S(=O)(=O)Nc2ccsc2)s1. The molecule has 17 heavy (non-hydrogen) atoms. The number of anilines is 1. The molecule has 2 heterocycles. The summed E-state index contributed by atoms with van der Waals surface area (Å²) in [5.41, 5.74) is 6.03. The third kappa shape index (κ3) is 3.06. The summed E-state index contributed by atoms with van der Waals surface area (Å²) in [6.45, 7) is 0.526. The molecule has 0 aliphatic carbocycles. The average Bonchev–Trinajstić information content (AvgIpc) is 2.88. The van der Waals surface area contributed by atoms with Crippen molar-refractivity contribution >= 4 is 38.4 Å². The van der Waals surface area contributed by atoms with Gasteiger partial charge in [0.05, 0.1) is 5.69 Å². The van der Waals surface area contributed by atoms with Gasteiger partial charge in [-0.25, -0.2) is 8.42 Å². The summed E-state index contributed by atoms with van der Waals surface area (Å²) in [5, 5.41) is 3.58. The zero-order chi connectivity index (χ0) is 12.3. The quantitative estimate of drug-likeness (QED) is 0.885. The van der Waals surface area contributed by atoms with E-state index in [1.807, 2.05) is 5.38 Å². The summed E-state index contributed by atoms with van der Waals surface area (Å²) < 4.78 is 26.8. The van der Waals surface area contributed by atoms with Crippen molar-refractivity contribution < 1.29 is 8.42 Å². The molecule has 0 aromatic carbocycles. The second kappa shape index (κ2) is 5.18. The minimum atomic E-state index is -3.45. The smallest absolute Gasteiger partial charge is 0.271 e. The minimum Gasteiger partial charge on any atom is -0.330 e. The van der Waals surface area contributed by atoms with Crippen LogP contribution in [0, 0.1) is 0 Å². The lowest BCUT2D eigenvalue weighted by Crippen LogP contribution is -2.10. The first-order chi connectivity index (χ1) is 8.12. The van der Waals surface area contributed by atoms with E-state index in [0.29, 0.717) is 22.9 Å². The van der Waals surface area contributed by atoms with E-state index in [2.05, 4.69) is 4.72 Å². The van der Waals surface area contributed by atoms with Gasteiger partial charge in [-0.05, 0) is 36.5 Å². The second-order valence-electron chi connectivity index (χ2n) is 3.38. The first-order valence-corrected chi connectivity index (χ1v) is 8.20. The van der Waals surface area contributed by atoms with Gasteiger partial charge in [-0.1, -0.05) is 0 Å². The van der Waals surface area contributed by atoms with E-state index in [9.17, 15) is 8.42 Å². The van der Waals surface area contributed by atoms with E-state index in [1.54, 1.807) is 23.6 Å².